The highest BCUT2D eigenvalue weighted by molar-refractivity contribution is 6.31. The van der Waals surface area contributed by atoms with Gasteiger partial charge in [0.25, 0.3) is 0 Å². The standard InChI is InChI=1S/C21H13ClN4O/c22-15-7-5-13-6-8-16(25-19(13)9-15)10-21(14(11-23)12-24)17-3-1-2-4-18(17)26-20(21)27/h1-9,14H,10H2,(H,26,27). The van der Waals surface area contributed by atoms with Crippen LogP contribution in [0.1, 0.15) is 11.3 Å². The summed E-state index contributed by atoms with van der Waals surface area (Å²) in [5.41, 5.74) is 1.29. The van der Waals surface area contributed by atoms with Crippen LogP contribution >= 0.6 is 11.6 Å². The highest BCUT2D eigenvalue weighted by Gasteiger charge is 2.53. The Morgan fingerprint density at radius 1 is 1.11 bits per heavy atom. The lowest BCUT2D eigenvalue weighted by molar-refractivity contribution is -0.121. The van der Waals surface area contributed by atoms with Gasteiger partial charge in [-0.2, -0.15) is 10.5 Å². The summed E-state index contributed by atoms with van der Waals surface area (Å²) in [7, 11) is 0. The number of hydrogen-bond donors (Lipinski definition) is 1. The van der Waals surface area contributed by atoms with Gasteiger partial charge in [0.15, 0.2) is 5.92 Å². The Labute approximate surface area is 160 Å². The van der Waals surface area contributed by atoms with Gasteiger partial charge in [0.2, 0.25) is 5.91 Å². The van der Waals surface area contributed by atoms with Crippen molar-refractivity contribution in [3.05, 3.63) is 70.9 Å². The Morgan fingerprint density at radius 3 is 2.63 bits per heavy atom. The number of amides is 1. The van der Waals surface area contributed by atoms with Gasteiger partial charge in [-0.25, -0.2) is 0 Å². The van der Waals surface area contributed by atoms with Gasteiger partial charge in [-0.1, -0.05) is 41.9 Å². The average molecular weight is 373 g/mol. The number of fused-ring (bicyclic) bond motifs is 2. The number of benzene rings is 2. The van der Waals surface area contributed by atoms with Crippen molar-refractivity contribution in [2.75, 3.05) is 5.32 Å². The van der Waals surface area contributed by atoms with Crippen molar-refractivity contribution < 1.29 is 4.79 Å². The minimum absolute atomic E-state index is 0.143. The van der Waals surface area contributed by atoms with E-state index in [1.165, 1.54) is 0 Å². The second kappa shape index (κ2) is 6.39. The maximum atomic E-state index is 13.0. The van der Waals surface area contributed by atoms with Crippen LogP contribution in [0, 0.1) is 28.6 Å². The lowest BCUT2D eigenvalue weighted by Crippen LogP contribution is -2.43. The van der Waals surface area contributed by atoms with Gasteiger partial charge >= 0.3 is 0 Å². The van der Waals surface area contributed by atoms with Crippen LogP contribution < -0.4 is 5.32 Å². The predicted octanol–water partition coefficient (Wildman–Crippen LogP) is 3.98. The highest BCUT2D eigenvalue weighted by atomic mass is 35.5. The van der Waals surface area contributed by atoms with E-state index in [4.69, 9.17) is 11.6 Å². The molecular formula is C21H13ClN4O. The molecule has 1 aliphatic heterocycles. The number of hydrogen-bond acceptors (Lipinski definition) is 4. The summed E-state index contributed by atoms with van der Waals surface area (Å²) < 4.78 is 0. The molecule has 1 unspecified atom stereocenters. The number of pyridine rings is 1. The molecule has 1 amide bonds. The minimum atomic E-state index is -1.31. The summed E-state index contributed by atoms with van der Waals surface area (Å²) in [5, 5.41) is 23.5. The van der Waals surface area contributed by atoms with Crippen LogP contribution in [-0.4, -0.2) is 10.9 Å². The van der Waals surface area contributed by atoms with Gasteiger partial charge in [-0.15, -0.1) is 0 Å². The second-order valence-corrected chi connectivity index (χ2v) is 6.92. The third-order valence-electron chi connectivity index (χ3n) is 4.98. The molecule has 0 radical (unpaired) electrons. The number of nitrogens with one attached hydrogen (secondary N) is 1. The first-order chi connectivity index (χ1) is 13.1. The fraction of sp³-hybridized carbons (Fsp3) is 0.143. The largest absolute Gasteiger partial charge is 0.325 e. The monoisotopic (exact) mass is 372 g/mol. The first kappa shape index (κ1) is 17.0. The fourth-order valence-electron chi connectivity index (χ4n) is 3.67. The van der Waals surface area contributed by atoms with Crippen molar-refractivity contribution in [2.45, 2.75) is 11.8 Å². The zero-order valence-corrected chi connectivity index (χ0v) is 14.9. The molecule has 1 atom stereocenters. The molecule has 6 heteroatoms. The molecule has 3 aromatic rings. The van der Waals surface area contributed by atoms with Crippen LogP contribution in [-0.2, 0) is 16.6 Å². The number of carbonyl (C=O) groups excluding carboxylic acids is 1. The smallest absolute Gasteiger partial charge is 0.237 e. The van der Waals surface area contributed by atoms with E-state index < -0.39 is 11.3 Å². The lowest BCUT2D eigenvalue weighted by atomic mass is 9.69. The van der Waals surface area contributed by atoms with Gasteiger partial charge in [-0.3, -0.25) is 9.78 Å². The molecule has 0 saturated heterocycles. The van der Waals surface area contributed by atoms with Crippen LogP contribution in [0.2, 0.25) is 5.02 Å². The molecule has 4 rings (SSSR count). The molecule has 5 nitrogen and oxygen atoms in total. The van der Waals surface area contributed by atoms with Gasteiger partial charge in [0.05, 0.1) is 17.7 Å². The molecule has 2 heterocycles. The normalized spacial score (nSPS) is 18.0. The van der Waals surface area contributed by atoms with Gasteiger partial charge in [-0.05, 0) is 29.8 Å². The van der Waals surface area contributed by atoms with Crippen LogP contribution in [0.5, 0.6) is 0 Å². The highest BCUT2D eigenvalue weighted by Crippen LogP contribution is 2.45. The molecule has 2 aromatic carbocycles. The fourth-order valence-corrected chi connectivity index (χ4v) is 3.83. The Hall–Kier alpha value is -3.41. The molecule has 0 bridgehead atoms. The quantitative estimate of drug-likeness (QED) is 0.752. The van der Waals surface area contributed by atoms with E-state index in [0.29, 0.717) is 27.5 Å². The van der Waals surface area contributed by atoms with Gasteiger partial charge < -0.3 is 5.32 Å². The van der Waals surface area contributed by atoms with Crippen LogP contribution in [0.3, 0.4) is 0 Å². The lowest BCUT2D eigenvalue weighted by Gasteiger charge is -2.28. The molecule has 1 N–H and O–H groups in total. The number of carbonyl (C=O) groups is 1. The molecule has 130 valence electrons. The third kappa shape index (κ3) is 2.61. The summed E-state index contributed by atoms with van der Waals surface area (Å²) >= 11 is 6.06. The summed E-state index contributed by atoms with van der Waals surface area (Å²) in [6.07, 6.45) is 0.143. The van der Waals surface area contributed by atoms with Crippen molar-refractivity contribution in [3.63, 3.8) is 0 Å². The Morgan fingerprint density at radius 2 is 1.85 bits per heavy atom. The summed E-state index contributed by atoms with van der Waals surface area (Å²) in [6, 6.07) is 20.3. The Kier molecular flexibility index (Phi) is 4.03. The van der Waals surface area contributed by atoms with Crippen molar-refractivity contribution in [3.8, 4) is 12.1 Å². The summed E-state index contributed by atoms with van der Waals surface area (Å²) in [5.74, 6) is -1.50. The molecule has 0 fully saturated rings. The van der Waals surface area contributed by atoms with E-state index in [-0.39, 0.29) is 12.3 Å². The molecular weight excluding hydrogens is 360 g/mol. The van der Waals surface area contributed by atoms with E-state index in [1.807, 2.05) is 30.3 Å². The number of nitrogens with zero attached hydrogens (tertiary/aromatic N) is 3. The molecule has 0 saturated carbocycles. The zero-order chi connectivity index (χ0) is 19.0. The molecule has 27 heavy (non-hydrogen) atoms. The molecule has 0 aliphatic carbocycles. The van der Waals surface area contributed by atoms with Crippen LogP contribution in [0.25, 0.3) is 10.9 Å². The van der Waals surface area contributed by atoms with E-state index >= 15 is 0 Å². The Balaban J connectivity index is 1.88. The minimum Gasteiger partial charge on any atom is -0.325 e. The molecule has 1 aliphatic rings. The van der Waals surface area contributed by atoms with Crippen molar-refractivity contribution >= 4 is 34.1 Å². The predicted molar refractivity (Wildman–Crippen MR) is 102 cm³/mol. The van der Waals surface area contributed by atoms with Crippen LogP contribution in [0.15, 0.2) is 54.6 Å². The SMILES string of the molecule is N#CC(C#N)C1(Cc2ccc3ccc(Cl)cc3n2)C(=O)Nc2ccccc21. The number of anilines is 1. The number of para-hydroxylation sites is 1. The summed E-state index contributed by atoms with van der Waals surface area (Å²) in [6.45, 7) is 0. The number of halogens is 1. The van der Waals surface area contributed by atoms with Gasteiger partial charge in [0, 0.05) is 28.2 Å². The number of nitriles is 2. The molecule has 0 spiro atoms. The summed E-state index contributed by atoms with van der Waals surface area (Å²) in [4.78, 5) is 17.6. The van der Waals surface area contributed by atoms with E-state index in [0.717, 1.165) is 5.39 Å². The maximum absolute atomic E-state index is 13.0. The topological polar surface area (TPSA) is 89.6 Å². The van der Waals surface area contributed by atoms with E-state index in [2.05, 4.69) is 10.3 Å². The third-order valence-corrected chi connectivity index (χ3v) is 5.22. The van der Waals surface area contributed by atoms with E-state index in [9.17, 15) is 15.3 Å². The number of aromatic nitrogens is 1. The maximum Gasteiger partial charge on any atom is 0.237 e. The zero-order valence-electron chi connectivity index (χ0n) is 14.1. The first-order valence-electron chi connectivity index (χ1n) is 8.34. The molecule has 1 aromatic heterocycles. The van der Waals surface area contributed by atoms with Crippen molar-refractivity contribution in [1.82, 2.24) is 4.98 Å². The second-order valence-electron chi connectivity index (χ2n) is 6.48. The van der Waals surface area contributed by atoms with E-state index in [1.54, 1.807) is 36.4 Å². The average Bonchev–Trinajstić information content (AvgIpc) is 2.95. The van der Waals surface area contributed by atoms with Crippen molar-refractivity contribution in [1.29, 1.82) is 10.5 Å². The number of rotatable bonds is 3. The van der Waals surface area contributed by atoms with Crippen molar-refractivity contribution in [2.24, 2.45) is 5.92 Å². The Bertz CT molecular complexity index is 1150. The first-order valence-corrected chi connectivity index (χ1v) is 8.71. The van der Waals surface area contributed by atoms with Gasteiger partial charge in [0.1, 0.15) is 5.41 Å². The van der Waals surface area contributed by atoms with Crippen LogP contribution in [0.4, 0.5) is 5.69 Å².